The lowest BCUT2D eigenvalue weighted by Crippen LogP contribution is -2.65. The van der Waals surface area contributed by atoms with Gasteiger partial charge in [0.1, 0.15) is 18.3 Å². The Morgan fingerprint density at radius 1 is 0.929 bits per heavy atom. The molecule has 0 spiro atoms. The maximum atomic E-state index is 10.1. The second kappa shape index (κ2) is 12.4. The number of ether oxygens (including phenoxy) is 3. The topological polar surface area (TPSA) is 173 Å². The molecule has 4 N–H and O–H groups in total. The van der Waals surface area contributed by atoms with Gasteiger partial charge in [-0.2, -0.15) is 0 Å². The lowest BCUT2D eigenvalue weighted by atomic mass is 9.94. The summed E-state index contributed by atoms with van der Waals surface area (Å²) in [5.74, 6) is 0.473. The molecule has 2 fully saturated rings. The molecule has 0 aromatic carbocycles. The fourth-order valence-electron chi connectivity index (χ4n) is 2.82. The number of hydrogen-bond donors (Lipinski definition) is 4. The van der Waals surface area contributed by atoms with E-state index in [1.807, 2.05) is 0 Å². The summed E-state index contributed by atoms with van der Waals surface area (Å²) in [6, 6.07) is -0.486. The predicted octanol–water partition coefficient (Wildman–Crippen LogP) is -1.47. The van der Waals surface area contributed by atoms with Gasteiger partial charge in [-0.25, -0.2) is 0 Å². The van der Waals surface area contributed by atoms with Gasteiger partial charge in [0.2, 0.25) is 0 Å². The number of hydrogen-bond acceptors (Lipinski definition) is 10. The minimum atomic E-state index is -1.45. The Morgan fingerprint density at radius 2 is 1.54 bits per heavy atom. The molecular weight excluding hydrogens is 394 g/mol. The molecule has 0 aromatic heterocycles. The third kappa shape index (κ3) is 6.44. The van der Waals surface area contributed by atoms with Gasteiger partial charge in [-0.15, -0.1) is 0 Å². The number of piperidine rings is 1. The molecule has 28 heavy (non-hydrogen) atoms. The van der Waals surface area contributed by atoms with Crippen molar-refractivity contribution in [1.82, 2.24) is 4.90 Å². The van der Waals surface area contributed by atoms with Crippen molar-refractivity contribution in [1.29, 1.82) is 0 Å². The molecule has 5 atom stereocenters. The van der Waals surface area contributed by atoms with E-state index in [1.165, 1.54) is 16.7 Å². The average molecular weight is 421 g/mol. The zero-order chi connectivity index (χ0) is 20.4. The standard InChI is InChI=1S/C15H27N5O7S/c16-19-18-2-4-26-6-8-27-7-5-25-3-1-17-15-20-10(9-28-15)11(21)12(22)13(23)14(20)24/h10-14,21-24H,1-9H2/t10-,11-,12+,13-,14-/m1/s1. The number of fused-ring (bicyclic) bond motifs is 1. The number of thioether (sulfide) groups is 1. The molecule has 2 saturated heterocycles. The highest BCUT2D eigenvalue weighted by atomic mass is 32.2. The van der Waals surface area contributed by atoms with Gasteiger partial charge in [0.25, 0.3) is 0 Å². The van der Waals surface area contributed by atoms with Crippen molar-refractivity contribution in [2.75, 3.05) is 58.5 Å². The maximum absolute atomic E-state index is 10.1. The smallest absolute Gasteiger partial charge is 0.161 e. The molecule has 0 radical (unpaired) electrons. The van der Waals surface area contributed by atoms with Crippen molar-refractivity contribution in [2.45, 2.75) is 30.6 Å². The van der Waals surface area contributed by atoms with E-state index in [1.54, 1.807) is 0 Å². The van der Waals surface area contributed by atoms with Crippen molar-refractivity contribution >= 4 is 16.9 Å². The van der Waals surface area contributed by atoms with Crippen LogP contribution in [0, 0.1) is 0 Å². The lowest BCUT2D eigenvalue weighted by molar-refractivity contribution is -0.190. The number of aliphatic hydroxyl groups excluding tert-OH is 4. The second-order valence-corrected chi connectivity index (χ2v) is 7.11. The van der Waals surface area contributed by atoms with Gasteiger partial charge >= 0.3 is 0 Å². The highest BCUT2D eigenvalue weighted by Crippen LogP contribution is 2.34. The van der Waals surface area contributed by atoms with Crippen LogP contribution in [0.2, 0.25) is 0 Å². The van der Waals surface area contributed by atoms with Crippen molar-refractivity contribution in [3.8, 4) is 0 Å². The quantitative estimate of drug-likeness (QED) is 0.127. The summed E-state index contributed by atoms with van der Waals surface area (Å²) >= 11 is 1.36. The summed E-state index contributed by atoms with van der Waals surface area (Å²) in [5.41, 5.74) is 8.09. The Kier molecular flexibility index (Phi) is 10.3. The van der Waals surface area contributed by atoms with Gasteiger partial charge in [0.05, 0.1) is 52.2 Å². The van der Waals surface area contributed by atoms with Crippen LogP contribution in [0.4, 0.5) is 0 Å². The third-order valence-corrected chi connectivity index (χ3v) is 5.38. The first kappa shape index (κ1) is 23.1. The second-order valence-electron chi connectivity index (χ2n) is 6.13. The van der Waals surface area contributed by atoms with E-state index in [9.17, 15) is 20.4 Å². The Balaban J connectivity index is 1.56. The lowest BCUT2D eigenvalue weighted by Gasteiger charge is -2.44. The van der Waals surface area contributed by atoms with E-state index >= 15 is 0 Å². The van der Waals surface area contributed by atoms with Crippen LogP contribution in [-0.2, 0) is 14.2 Å². The molecule has 0 aliphatic carbocycles. The Bertz CT molecular complexity index is 551. The Labute approximate surface area is 166 Å². The SMILES string of the molecule is [N-]=[N+]=NCCOCCOCCOCCN=C1SC[C@@H]2[C@@H](O)[C@H](O)[C@@H](O)[C@@H](O)N12. The van der Waals surface area contributed by atoms with E-state index in [0.29, 0.717) is 63.7 Å². The number of nitrogens with zero attached hydrogens (tertiary/aromatic N) is 5. The largest absolute Gasteiger partial charge is 0.388 e. The molecular formula is C15H27N5O7S. The number of azide groups is 1. The summed E-state index contributed by atoms with van der Waals surface area (Å²) in [6.07, 6.45) is -5.28. The van der Waals surface area contributed by atoms with Crippen molar-refractivity contribution < 1.29 is 34.6 Å². The molecule has 2 aliphatic rings. The van der Waals surface area contributed by atoms with Crippen LogP contribution in [0.25, 0.3) is 10.4 Å². The minimum Gasteiger partial charge on any atom is -0.388 e. The molecule has 0 aromatic rings. The first-order chi connectivity index (χ1) is 13.6. The third-order valence-electron chi connectivity index (χ3n) is 4.27. The number of aliphatic hydroxyl groups is 4. The Morgan fingerprint density at radius 3 is 2.18 bits per heavy atom. The predicted molar refractivity (Wildman–Crippen MR) is 101 cm³/mol. The molecule has 0 amide bonds. The molecule has 13 heteroatoms. The summed E-state index contributed by atoms with van der Waals surface area (Å²) in [6.45, 7) is 3.02. The summed E-state index contributed by atoms with van der Waals surface area (Å²) < 4.78 is 15.9. The zero-order valence-corrected chi connectivity index (χ0v) is 16.2. The summed E-state index contributed by atoms with van der Waals surface area (Å²) in [7, 11) is 0. The summed E-state index contributed by atoms with van der Waals surface area (Å²) in [4.78, 5) is 8.43. The number of aliphatic imine (C=N–C) groups is 1. The number of rotatable bonds is 12. The fraction of sp³-hybridized carbons (Fsp3) is 0.933. The fourth-order valence-corrected chi connectivity index (χ4v) is 4.08. The van der Waals surface area contributed by atoms with Crippen molar-refractivity contribution in [3.63, 3.8) is 0 Å². The van der Waals surface area contributed by atoms with Crippen LogP contribution in [0.1, 0.15) is 0 Å². The van der Waals surface area contributed by atoms with E-state index in [4.69, 9.17) is 19.7 Å². The molecule has 12 nitrogen and oxygen atoms in total. The highest BCUT2D eigenvalue weighted by molar-refractivity contribution is 8.14. The van der Waals surface area contributed by atoms with Gasteiger partial charge in [-0.1, -0.05) is 16.9 Å². The van der Waals surface area contributed by atoms with Crippen LogP contribution in [-0.4, -0.2) is 120 Å². The molecule has 160 valence electrons. The minimum absolute atomic E-state index is 0.300. The molecule has 0 unspecified atom stereocenters. The van der Waals surface area contributed by atoms with E-state index < -0.39 is 30.6 Å². The first-order valence-corrected chi connectivity index (χ1v) is 9.98. The molecule has 2 heterocycles. The van der Waals surface area contributed by atoms with Crippen LogP contribution in [0.5, 0.6) is 0 Å². The first-order valence-electron chi connectivity index (χ1n) is 9.00. The summed E-state index contributed by atoms with van der Waals surface area (Å²) in [5, 5.41) is 43.6. The molecule has 0 bridgehead atoms. The average Bonchev–Trinajstić information content (AvgIpc) is 3.12. The molecule has 2 rings (SSSR count). The zero-order valence-electron chi connectivity index (χ0n) is 15.4. The van der Waals surface area contributed by atoms with Gasteiger partial charge in [0, 0.05) is 17.2 Å². The van der Waals surface area contributed by atoms with Gasteiger partial charge in [-0.05, 0) is 5.53 Å². The monoisotopic (exact) mass is 421 g/mol. The van der Waals surface area contributed by atoms with Crippen LogP contribution < -0.4 is 0 Å². The van der Waals surface area contributed by atoms with Gasteiger partial charge in [-0.3, -0.25) is 4.99 Å². The van der Waals surface area contributed by atoms with Crippen molar-refractivity contribution in [3.05, 3.63) is 10.4 Å². The van der Waals surface area contributed by atoms with E-state index in [0.717, 1.165) is 0 Å². The highest BCUT2D eigenvalue weighted by Gasteiger charge is 2.51. The Hall–Kier alpha value is -1.15. The molecule has 2 aliphatic heterocycles. The van der Waals surface area contributed by atoms with E-state index in [-0.39, 0.29) is 0 Å². The van der Waals surface area contributed by atoms with Gasteiger partial charge in [0.15, 0.2) is 11.4 Å². The number of amidine groups is 1. The van der Waals surface area contributed by atoms with Crippen LogP contribution in [0.15, 0.2) is 10.1 Å². The van der Waals surface area contributed by atoms with Crippen LogP contribution in [0.3, 0.4) is 0 Å². The normalized spacial score (nSPS) is 31.1. The molecule has 0 saturated carbocycles. The van der Waals surface area contributed by atoms with Crippen molar-refractivity contribution in [2.24, 2.45) is 10.1 Å². The van der Waals surface area contributed by atoms with E-state index in [2.05, 4.69) is 15.0 Å². The van der Waals surface area contributed by atoms with Gasteiger partial charge < -0.3 is 39.5 Å². The maximum Gasteiger partial charge on any atom is 0.161 e. The van der Waals surface area contributed by atoms with Crippen LogP contribution >= 0.6 is 11.8 Å².